The summed E-state index contributed by atoms with van der Waals surface area (Å²) in [7, 11) is 0. The van der Waals surface area contributed by atoms with Gasteiger partial charge in [-0.1, -0.05) is 18.2 Å². The van der Waals surface area contributed by atoms with Crippen LogP contribution in [0.2, 0.25) is 0 Å². The average molecular weight is 316 g/mol. The second kappa shape index (κ2) is 7.75. The molecule has 0 amide bonds. The topological polar surface area (TPSA) is 16.1 Å². The zero-order valence-electron chi connectivity index (χ0n) is 12.6. The fourth-order valence-corrected chi connectivity index (χ4v) is 3.84. The summed E-state index contributed by atoms with van der Waals surface area (Å²) < 4.78 is 12.9. The van der Waals surface area contributed by atoms with Crippen molar-refractivity contribution in [3.63, 3.8) is 0 Å². The molecule has 0 spiro atoms. The van der Waals surface area contributed by atoms with E-state index in [1.165, 1.54) is 18.4 Å². The third kappa shape index (κ3) is 4.55. The molecular formula is C18H21FN2S. The second-order valence-corrected chi connectivity index (χ2v) is 7.02. The monoisotopic (exact) mass is 316 g/mol. The molecule has 1 saturated heterocycles. The van der Waals surface area contributed by atoms with E-state index in [2.05, 4.69) is 16.0 Å². The van der Waals surface area contributed by atoms with Gasteiger partial charge in [0.05, 0.1) is 5.03 Å². The number of aromatic nitrogens is 1. The Kier molecular flexibility index (Phi) is 5.46. The fraction of sp³-hybridized carbons (Fsp3) is 0.389. The summed E-state index contributed by atoms with van der Waals surface area (Å²) in [5.41, 5.74) is 1.21. The number of thioether (sulfide) groups is 1. The van der Waals surface area contributed by atoms with Crippen LogP contribution in [-0.2, 0) is 6.42 Å². The number of piperidine rings is 1. The van der Waals surface area contributed by atoms with Gasteiger partial charge in [-0.25, -0.2) is 9.37 Å². The Morgan fingerprint density at radius 2 is 1.86 bits per heavy atom. The summed E-state index contributed by atoms with van der Waals surface area (Å²) >= 11 is 1.90. The van der Waals surface area contributed by atoms with E-state index in [1.807, 2.05) is 42.2 Å². The first-order chi connectivity index (χ1) is 10.8. The molecule has 22 heavy (non-hydrogen) atoms. The molecule has 1 aromatic carbocycles. The molecule has 1 aromatic heterocycles. The molecule has 2 nitrogen and oxygen atoms in total. The van der Waals surface area contributed by atoms with Crippen molar-refractivity contribution >= 4 is 11.8 Å². The fourth-order valence-electron chi connectivity index (χ4n) is 2.78. The normalized spacial score (nSPS) is 16.8. The van der Waals surface area contributed by atoms with E-state index in [4.69, 9.17) is 0 Å². The predicted molar refractivity (Wildman–Crippen MR) is 89.7 cm³/mol. The highest BCUT2D eigenvalue weighted by Gasteiger charge is 2.20. The highest BCUT2D eigenvalue weighted by atomic mass is 32.2. The van der Waals surface area contributed by atoms with E-state index >= 15 is 0 Å². The Morgan fingerprint density at radius 3 is 2.55 bits per heavy atom. The van der Waals surface area contributed by atoms with Gasteiger partial charge in [0.25, 0.3) is 0 Å². The largest absolute Gasteiger partial charge is 0.303 e. The van der Waals surface area contributed by atoms with Gasteiger partial charge in [-0.15, -0.1) is 11.8 Å². The Morgan fingerprint density at radius 1 is 1.09 bits per heavy atom. The molecule has 0 radical (unpaired) electrons. The summed E-state index contributed by atoms with van der Waals surface area (Å²) in [5.74, 6) is -0.156. The molecule has 0 bridgehead atoms. The van der Waals surface area contributed by atoms with Gasteiger partial charge in [0.2, 0.25) is 0 Å². The summed E-state index contributed by atoms with van der Waals surface area (Å²) in [4.78, 5) is 6.91. The zero-order valence-corrected chi connectivity index (χ0v) is 13.4. The highest BCUT2D eigenvalue weighted by Crippen LogP contribution is 2.28. The van der Waals surface area contributed by atoms with Crippen LogP contribution in [0.3, 0.4) is 0 Å². The van der Waals surface area contributed by atoms with Crippen molar-refractivity contribution in [2.75, 3.05) is 19.6 Å². The van der Waals surface area contributed by atoms with Gasteiger partial charge in [-0.3, -0.25) is 0 Å². The van der Waals surface area contributed by atoms with Crippen molar-refractivity contribution in [1.29, 1.82) is 0 Å². The van der Waals surface area contributed by atoms with E-state index < -0.39 is 0 Å². The molecule has 1 aliphatic rings. The highest BCUT2D eigenvalue weighted by molar-refractivity contribution is 7.99. The molecule has 3 rings (SSSR count). The van der Waals surface area contributed by atoms with Gasteiger partial charge >= 0.3 is 0 Å². The van der Waals surface area contributed by atoms with E-state index in [-0.39, 0.29) is 5.82 Å². The first-order valence-corrected chi connectivity index (χ1v) is 8.72. The summed E-state index contributed by atoms with van der Waals surface area (Å²) in [5, 5.41) is 1.81. The molecule has 4 heteroatoms. The lowest BCUT2D eigenvalue weighted by molar-refractivity contribution is 0.235. The van der Waals surface area contributed by atoms with Crippen LogP contribution in [0, 0.1) is 5.82 Å². The number of benzene rings is 1. The number of likely N-dealkylation sites (tertiary alicyclic amines) is 1. The van der Waals surface area contributed by atoms with Crippen molar-refractivity contribution in [1.82, 2.24) is 9.88 Å². The average Bonchev–Trinajstić information content (AvgIpc) is 2.57. The quantitative estimate of drug-likeness (QED) is 0.829. The number of rotatable bonds is 5. The van der Waals surface area contributed by atoms with Crippen LogP contribution in [0.25, 0.3) is 0 Å². The number of halogens is 1. The molecule has 0 saturated carbocycles. The molecule has 0 N–H and O–H groups in total. The number of pyridine rings is 1. The first kappa shape index (κ1) is 15.5. The third-order valence-electron chi connectivity index (χ3n) is 4.09. The minimum atomic E-state index is -0.156. The van der Waals surface area contributed by atoms with Crippen molar-refractivity contribution in [3.8, 4) is 0 Å². The minimum Gasteiger partial charge on any atom is -0.303 e. The summed E-state index contributed by atoms with van der Waals surface area (Å²) in [6, 6.07) is 13.0. The molecule has 2 heterocycles. The van der Waals surface area contributed by atoms with Crippen molar-refractivity contribution < 1.29 is 4.39 Å². The van der Waals surface area contributed by atoms with Crippen molar-refractivity contribution in [2.24, 2.45) is 0 Å². The lowest BCUT2D eigenvalue weighted by Gasteiger charge is -2.31. The Bertz CT molecular complexity index is 565. The second-order valence-electron chi connectivity index (χ2n) is 5.70. The first-order valence-electron chi connectivity index (χ1n) is 7.84. The van der Waals surface area contributed by atoms with Gasteiger partial charge in [-0.05, 0) is 62.2 Å². The molecule has 2 aromatic rings. The minimum absolute atomic E-state index is 0.156. The van der Waals surface area contributed by atoms with Crippen LogP contribution in [-0.4, -0.2) is 34.8 Å². The summed E-state index contributed by atoms with van der Waals surface area (Å²) in [6.45, 7) is 3.35. The Labute approximate surface area is 135 Å². The SMILES string of the molecule is Fc1ccc(CCN2CCC(Sc3ccccn3)CC2)cc1. The Balaban J connectivity index is 1.41. The van der Waals surface area contributed by atoms with Crippen molar-refractivity contribution in [3.05, 3.63) is 60.0 Å². The molecule has 116 valence electrons. The maximum Gasteiger partial charge on any atom is 0.123 e. The van der Waals surface area contributed by atoms with Gasteiger partial charge < -0.3 is 4.90 Å². The van der Waals surface area contributed by atoms with Crippen LogP contribution >= 0.6 is 11.8 Å². The van der Waals surface area contributed by atoms with Crippen LogP contribution in [0.5, 0.6) is 0 Å². The van der Waals surface area contributed by atoms with Crippen LogP contribution in [0.1, 0.15) is 18.4 Å². The lowest BCUT2D eigenvalue weighted by Crippen LogP contribution is -2.36. The lowest BCUT2D eigenvalue weighted by atomic mass is 10.1. The number of hydrogen-bond acceptors (Lipinski definition) is 3. The zero-order chi connectivity index (χ0) is 15.2. The maximum atomic E-state index is 12.9. The Hall–Kier alpha value is -1.39. The van der Waals surface area contributed by atoms with Gasteiger partial charge in [-0.2, -0.15) is 0 Å². The van der Waals surface area contributed by atoms with Crippen molar-refractivity contribution in [2.45, 2.75) is 29.5 Å². The van der Waals surface area contributed by atoms with E-state index in [0.717, 1.165) is 31.1 Å². The summed E-state index contributed by atoms with van der Waals surface area (Å²) in [6.07, 6.45) is 5.29. The number of hydrogen-bond donors (Lipinski definition) is 0. The standard InChI is InChI=1S/C18H21FN2S/c19-16-6-4-15(5-7-16)8-12-21-13-9-17(10-14-21)22-18-3-1-2-11-20-18/h1-7,11,17H,8-10,12-14H2. The van der Waals surface area contributed by atoms with E-state index in [1.54, 1.807) is 12.1 Å². The van der Waals surface area contributed by atoms with Crippen LogP contribution in [0.15, 0.2) is 53.7 Å². The smallest absolute Gasteiger partial charge is 0.123 e. The number of nitrogens with zero attached hydrogens (tertiary/aromatic N) is 2. The third-order valence-corrected chi connectivity index (χ3v) is 5.38. The van der Waals surface area contributed by atoms with E-state index in [0.29, 0.717) is 5.25 Å². The van der Waals surface area contributed by atoms with Crippen LogP contribution < -0.4 is 0 Å². The van der Waals surface area contributed by atoms with Crippen LogP contribution in [0.4, 0.5) is 4.39 Å². The molecule has 0 unspecified atom stereocenters. The molecule has 0 aliphatic carbocycles. The molecule has 0 atom stereocenters. The molecule has 1 aliphatic heterocycles. The predicted octanol–water partition coefficient (Wildman–Crippen LogP) is 4.02. The van der Waals surface area contributed by atoms with Gasteiger partial charge in [0.15, 0.2) is 0 Å². The van der Waals surface area contributed by atoms with E-state index in [9.17, 15) is 4.39 Å². The molecular weight excluding hydrogens is 295 g/mol. The maximum absolute atomic E-state index is 12.9. The molecule has 1 fully saturated rings. The van der Waals surface area contributed by atoms with Gasteiger partial charge in [0, 0.05) is 18.0 Å². The van der Waals surface area contributed by atoms with Gasteiger partial charge in [0.1, 0.15) is 5.82 Å².